The lowest BCUT2D eigenvalue weighted by atomic mass is 9.93. The number of aliphatic carboxylic acids is 1. The Balaban J connectivity index is 2.00. The molecule has 1 aliphatic rings. The Bertz CT molecular complexity index is 801. The van der Waals surface area contributed by atoms with E-state index in [1.807, 2.05) is 18.2 Å². The van der Waals surface area contributed by atoms with Gasteiger partial charge in [-0.2, -0.15) is 0 Å². The molecule has 0 spiro atoms. The molecule has 1 amide bonds. The summed E-state index contributed by atoms with van der Waals surface area (Å²) in [5.41, 5.74) is 2.94. The summed E-state index contributed by atoms with van der Waals surface area (Å²) in [6.45, 7) is 0.142. The van der Waals surface area contributed by atoms with Crippen LogP contribution in [0.5, 0.6) is 5.75 Å². The fraction of sp³-hybridized carbons (Fsp3) is 0.278. The van der Waals surface area contributed by atoms with Gasteiger partial charge in [-0.25, -0.2) is 0 Å². The van der Waals surface area contributed by atoms with Crippen LogP contribution in [0, 0.1) is 5.92 Å². The predicted octanol–water partition coefficient (Wildman–Crippen LogP) is 2.09. The number of nitrogens with zero attached hydrogens (tertiary/aromatic N) is 2. The first-order valence-corrected chi connectivity index (χ1v) is 7.62. The Labute approximate surface area is 139 Å². The average molecular weight is 326 g/mol. The van der Waals surface area contributed by atoms with Gasteiger partial charge in [-0.1, -0.05) is 18.2 Å². The predicted molar refractivity (Wildman–Crippen MR) is 88.0 cm³/mol. The fourth-order valence-electron chi connectivity index (χ4n) is 2.77. The van der Waals surface area contributed by atoms with Crippen molar-refractivity contribution < 1.29 is 19.4 Å². The molecular weight excluding hydrogens is 308 g/mol. The van der Waals surface area contributed by atoms with E-state index in [2.05, 4.69) is 4.98 Å². The smallest absolute Gasteiger partial charge is 0.310 e. The summed E-state index contributed by atoms with van der Waals surface area (Å²) in [4.78, 5) is 28.9. The highest BCUT2D eigenvalue weighted by Crippen LogP contribution is 2.37. The quantitative estimate of drug-likeness (QED) is 0.934. The molecule has 6 nitrogen and oxygen atoms in total. The Kier molecular flexibility index (Phi) is 4.20. The number of carbonyl (C=O) groups is 2. The van der Waals surface area contributed by atoms with Crippen molar-refractivity contribution in [2.45, 2.75) is 6.42 Å². The van der Waals surface area contributed by atoms with Crippen molar-refractivity contribution in [1.29, 1.82) is 0 Å². The van der Waals surface area contributed by atoms with Crippen LogP contribution in [0.2, 0.25) is 0 Å². The SMILES string of the molecule is CN(C)C(=O)c1cncc(-c2cccc3c2OCC(C(=O)O)C3)c1. The third kappa shape index (κ3) is 2.95. The van der Waals surface area contributed by atoms with E-state index in [4.69, 9.17) is 9.84 Å². The largest absolute Gasteiger partial charge is 0.492 e. The molecule has 2 heterocycles. The second kappa shape index (κ2) is 6.31. The maximum atomic E-state index is 12.1. The van der Waals surface area contributed by atoms with E-state index in [0.29, 0.717) is 17.7 Å². The van der Waals surface area contributed by atoms with Crippen LogP contribution in [-0.2, 0) is 11.2 Å². The third-order valence-corrected chi connectivity index (χ3v) is 4.04. The molecule has 1 unspecified atom stereocenters. The van der Waals surface area contributed by atoms with Gasteiger partial charge in [0.1, 0.15) is 12.4 Å². The van der Waals surface area contributed by atoms with Crippen molar-refractivity contribution in [2.75, 3.05) is 20.7 Å². The molecule has 0 aliphatic carbocycles. The Morgan fingerprint density at radius 3 is 2.79 bits per heavy atom. The number of carboxylic acid groups (broad SMARTS) is 1. The minimum atomic E-state index is -0.855. The second-order valence-electron chi connectivity index (χ2n) is 6.01. The molecular formula is C18H18N2O4. The average Bonchev–Trinajstić information content (AvgIpc) is 2.60. The van der Waals surface area contributed by atoms with Crippen LogP contribution < -0.4 is 4.74 Å². The fourth-order valence-corrected chi connectivity index (χ4v) is 2.77. The van der Waals surface area contributed by atoms with E-state index < -0.39 is 11.9 Å². The maximum Gasteiger partial charge on any atom is 0.310 e. The van der Waals surface area contributed by atoms with Crippen molar-refractivity contribution in [3.63, 3.8) is 0 Å². The van der Waals surface area contributed by atoms with Gasteiger partial charge in [0.05, 0.1) is 11.5 Å². The summed E-state index contributed by atoms with van der Waals surface area (Å²) in [5.74, 6) is -0.842. The highest BCUT2D eigenvalue weighted by molar-refractivity contribution is 5.95. The molecule has 0 saturated heterocycles. The van der Waals surface area contributed by atoms with E-state index in [0.717, 1.165) is 16.7 Å². The molecule has 24 heavy (non-hydrogen) atoms. The van der Waals surface area contributed by atoms with Gasteiger partial charge in [0.2, 0.25) is 0 Å². The van der Waals surface area contributed by atoms with Gasteiger partial charge in [0.25, 0.3) is 5.91 Å². The molecule has 1 aromatic heterocycles. The van der Waals surface area contributed by atoms with Crippen LogP contribution in [0.4, 0.5) is 0 Å². The monoisotopic (exact) mass is 326 g/mol. The number of pyridine rings is 1. The zero-order valence-electron chi connectivity index (χ0n) is 13.5. The molecule has 0 fully saturated rings. The minimum Gasteiger partial charge on any atom is -0.492 e. The van der Waals surface area contributed by atoms with Crippen LogP contribution in [0.25, 0.3) is 11.1 Å². The summed E-state index contributed by atoms with van der Waals surface area (Å²) < 4.78 is 5.73. The second-order valence-corrected chi connectivity index (χ2v) is 6.01. The molecule has 3 rings (SSSR count). The van der Waals surface area contributed by atoms with Gasteiger partial charge >= 0.3 is 5.97 Å². The van der Waals surface area contributed by atoms with Gasteiger partial charge in [-0.3, -0.25) is 14.6 Å². The number of ether oxygens (including phenoxy) is 1. The number of hydrogen-bond donors (Lipinski definition) is 1. The zero-order valence-corrected chi connectivity index (χ0v) is 13.5. The molecule has 1 aromatic carbocycles. The number of para-hydroxylation sites is 1. The number of fused-ring (bicyclic) bond motifs is 1. The first-order chi connectivity index (χ1) is 11.5. The number of amides is 1. The Morgan fingerprint density at radius 2 is 2.08 bits per heavy atom. The van der Waals surface area contributed by atoms with E-state index in [-0.39, 0.29) is 12.5 Å². The highest BCUT2D eigenvalue weighted by atomic mass is 16.5. The molecule has 1 atom stereocenters. The molecule has 0 bridgehead atoms. The third-order valence-electron chi connectivity index (χ3n) is 4.04. The van der Waals surface area contributed by atoms with Crippen molar-refractivity contribution in [2.24, 2.45) is 5.92 Å². The normalized spacial score (nSPS) is 16.0. The van der Waals surface area contributed by atoms with Crippen LogP contribution in [-0.4, -0.2) is 47.6 Å². The summed E-state index contributed by atoms with van der Waals surface area (Å²) >= 11 is 0. The molecule has 0 radical (unpaired) electrons. The lowest BCUT2D eigenvalue weighted by Gasteiger charge is -2.24. The van der Waals surface area contributed by atoms with Crippen molar-refractivity contribution in [1.82, 2.24) is 9.88 Å². The van der Waals surface area contributed by atoms with Crippen molar-refractivity contribution >= 4 is 11.9 Å². The van der Waals surface area contributed by atoms with Gasteiger partial charge in [-0.05, 0) is 18.1 Å². The molecule has 0 saturated carbocycles. The Morgan fingerprint density at radius 1 is 1.29 bits per heavy atom. The zero-order chi connectivity index (χ0) is 17.3. The van der Waals surface area contributed by atoms with E-state index >= 15 is 0 Å². The summed E-state index contributed by atoms with van der Waals surface area (Å²) in [5, 5.41) is 9.17. The molecule has 6 heteroatoms. The van der Waals surface area contributed by atoms with Crippen molar-refractivity contribution in [3.8, 4) is 16.9 Å². The summed E-state index contributed by atoms with van der Waals surface area (Å²) in [6.07, 6.45) is 3.64. The van der Waals surface area contributed by atoms with E-state index in [1.54, 1.807) is 26.4 Å². The van der Waals surface area contributed by atoms with Gasteiger partial charge < -0.3 is 14.7 Å². The molecule has 2 aromatic rings. The number of benzene rings is 1. The van der Waals surface area contributed by atoms with Gasteiger partial charge in [0, 0.05) is 37.6 Å². The standard InChI is InChI=1S/C18H18N2O4/c1-20(2)17(21)13-7-12(8-19-9-13)15-5-3-4-11-6-14(18(22)23)10-24-16(11)15/h3-5,7-9,14H,6,10H2,1-2H3,(H,22,23). The number of aromatic nitrogens is 1. The van der Waals surface area contributed by atoms with E-state index in [1.165, 1.54) is 11.1 Å². The van der Waals surface area contributed by atoms with Gasteiger partial charge in [-0.15, -0.1) is 0 Å². The molecule has 1 aliphatic heterocycles. The number of rotatable bonds is 3. The topological polar surface area (TPSA) is 79.7 Å². The van der Waals surface area contributed by atoms with Gasteiger partial charge in [0.15, 0.2) is 0 Å². The lowest BCUT2D eigenvalue weighted by Crippen LogP contribution is -2.28. The molecule has 124 valence electrons. The maximum absolute atomic E-state index is 12.1. The van der Waals surface area contributed by atoms with Crippen molar-refractivity contribution in [3.05, 3.63) is 47.8 Å². The lowest BCUT2D eigenvalue weighted by molar-refractivity contribution is -0.143. The van der Waals surface area contributed by atoms with Crippen LogP contribution in [0.15, 0.2) is 36.7 Å². The number of carbonyl (C=O) groups excluding carboxylic acids is 1. The molecule has 1 N–H and O–H groups in total. The highest BCUT2D eigenvalue weighted by Gasteiger charge is 2.27. The number of carboxylic acids is 1. The van der Waals surface area contributed by atoms with Crippen LogP contribution >= 0.6 is 0 Å². The summed E-state index contributed by atoms with van der Waals surface area (Å²) in [6, 6.07) is 7.40. The number of hydrogen-bond acceptors (Lipinski definition) is 4. The minimum absolute atomic E-state index is 0.124. The summed E-state index contributed by atoms with van der Waals surface area (Å²) in [7, 11) is 3.38. The first kappa shape index (κ1) is 16.0. The van der Waals surface area contributed by atoms with Crippen LogP contribution in [0.1, 0.15) is 15.9 Å². The van der Waals surface area contributed by atoms with Crippen LogP contribution in [0.3, 0.4) is 0 Å². The van der Waals surface area contributed by atoms with E-state index in [9.17, 15) is 9.59 Å². The first-order valence-electron chi connectivity index (χ1n) is 7.62. The Hall–Kier alpha value is -2.89.